The summed E-state index contributed by atoms with van der Waals surface area (Å²) in [5.74, 6) is -0.775. The molecule has 0 aliphatic rings. The Morgan fingerprint density at radius 2 is 1.91 bits per heavy atom. The van der Waals surface area contributed by atoms with Crippen LogP contribution in [0.25, 0.3) is 10.9 Å². The topological polar surface area (TPSA) is 48.3 Å². The minimum Gasteiger partial charge on any atom is -0.469 e. The van der Waals surface area contributed by atoms with Crippen LogP contribution in [-0.4, -0.2) is 23.6 Å². The second kappa shape index (κ2) is 6.60. The van der Waals surface area contributed by atoms with Crippen LogP contribution in [0.3, 0.4) is 0 Å². The molecule has 1 unspecified atom stereocenters. The zero-order valence-electron chi connectivity index (χ0n) is 13.4. The Hall–Kier alpha value is -2.36. The van der Waals surface area contributed by atoms with Crippen molar-refractivity contribution in [3.05, 3.63) is 47.7 Å². The van der Waals surface area contributed by atoms with Gasteiger partial charge in [0, 0.05) is 18.5 Å². The van der Waals surface area contributed by atoms with Crippen molar-refractivity contribution >= 4 is 22.8 Å². The van der Waals surface area contributed by atoms with Gasteiger partial charge in [0.15, 0.2) is 0 Å². The lowest BCUT2D eigenvalue weighted by Crippen LogP contribution is -2.14. The van der Waals surface area contributed by atoms with E-state index >= 15 is 0 Å². The molecule has 1 aromatic carbocycles. The van der Waals surface area contributed by atoms with Crippen molar-refractivity contribution in [2.75, 3.05) is 7.11 Å². The first kappa shape index (κ1) is 16.0. The van der Waals surface area contributed by atoms with E-state index in [0.717, 1.165) is 22.0 Å². The quantitative estimate of drug-likeness (QED) is 0.635. The molecule has 0 aliphatic heterocycles. The number of nitrogens with zero attached hydrogens (tertiary/aromatic N) is 1. The molecule has 0 radical (unpaired) electrons. The number of para-hydroxylation sites is 1. The van der Waals surface area contributed by atoms with Crippen molar-refractivity contribution in [3.8, 4) is 0 Å². The van der Waals surface area contributed by atoms with Gasteiger partial charge in [-0.25, -0.2) is 0 Å². The fourth-order valence-electron chi connectivity index (χ4n) is 2.59. The van der Waals surface area contributed by atoms with E-state index < -0.39 is 5.92 Å². The number of methoxy groups -OCH3 is 1. The number of benzene rings is 1. The molecule has 2 aromatic rings. The Morgan fingerprint density at radius 1 is 1.23 bits per heavy atom. The number of fused-ring (bicyclic) bond motifs is 1. The molecule has 22 heavy (non-hydrogen) atoms. The first-order chi connectivity index (χ1) is 10.5. The molecule has 0 amide bonds. The van der Waals surface area contributed by atoms with Gasteiger partial charge in [0.25, 0.3) is 0 Å². The number of hydrogen-bond donors (Lipinski definition) is 0. The third-order valence-electron chi connectivity index (χ3n) is 3.70. The molecule has 1 aromatic heterocycles. The monoisotopic (exact) mass is 299 g/mol. The summed E-state index contributed by atoms with van der Waals surface area (Å²) >= 11 is 0. The van der Waals surface area contributed by atoms with Gasteiger partial charge in [-0.05, 0) is 31.9 Å². The molecule has 116 valence electrons. The van der Waals surface area contributed by atoms with Crippen LogP contribution < -0.4 is 0 Å². The molecule has 1 atom stereocenters. The second-order valence-electron chi connectivity index (χ2n) is 5.58. The van der Waals surface area contributed by atoms with Crippen LogP contribution in [0, 0.1) is 0 Å². The largest absolute Gasteiger partial charge is 0.469 e. The molecule has 0 saturated heterocycles. The summed E-state index contributed by atoms with van der Waals surface area (Å²) in [5.41, 5.74) is 2.79. The lowest BCUT2D eigenvalue weighted by Gasteiger charge is -2.12. The van der Waals surface area contributed by atoms with E-state index in [0.29, 0.717) is 6.42 Å². The molecular formula is C18H21NO3. The van der Waals surface area contributed by atoms with Crippen molar-refractivity contribution in [1.29, 1.82) is 0 Å². The normalized spacial score (nSPS) is 12.0. The molecule has 4 nitrogen and oxygen atoms in total. The van der Waals surface area contributed by atoms with E-state index in [1.165, 1.54) is 14.0 Å². The standard InChI is InChI=1S/C18H21NO3/c1-12(2)9-10-15(18(21)22-4)16-11-19(13(3)20)17-8-6-5-7-14(16)17/h5-9,11,15H,10H2,1-4H3. The lowest BCUT2D eigenvalue weighted by molar-refractivity contribution is -0.142. The third-order valence-corrected chi connectivity index (χ3v) is 3.70. The van der Waals surface area contributed by atoms with Gasteiger partial charge in [-0.2, -0.15) is 0 Å². The zero-order chi connectivity index (χ0) is 16.3. The second-order valence-corrected chi connectivity index (χ2v) is 5.58. The first-order valence-corrected chi connectivity index (χ1v) is 7.27. The van der Waals surface area contributed by atoms with Crippen molar-refractivity contribution in [2.24, 2.45) is 0 Å². The smallest absolute Gasteiger partial charge is 0.313 e. The van der Waals surface area contributed by atoms with Crippen LogP contribution in [0.1, 0.15) is 43.5 Å². The van der Waals surface area contributed by atoms with Crippen LogP contribution in [0.15, 0.2) is 42.1 Å². The molecule has 0 saturated carbocycles. The Bertz CT molecular complexity index is 736. The third kappa shape index (κ3) is 3.11. The Labute approximate surface area is 130 Å². The summed E-state index contributed by atoms with van der Waals surface area (Å²) in [6.07, 6.45) is 4.33. The molecule has 0 bridgehead atoms. The highest BCUT2D eigenvalue weighted by Gasteiger charge is 2.25. The van der Waals surface area contributed by atoms with Crippen molar-refractivity contribution < 1.29 is 14.3 Å². The van der Waals surface area contributed by atoms with E-state index in [2.05, 4.69) is 0 Å². The highest BCUT2D eigenvalue weighted by molar-refractivity contribution is 5.96. The van der Waals surface area contributed by atoms with Crippen LogP contribution in [0.4, 0.5) is 0 Å². The summed E-state index contributed by atoms with van der Waals surface area (Å²) in [7, 11) is 1.39. The average Bonchev–Trinajstić information content (AvgIpc) is 2.87. The van der Waals surface area contributed by atoms with Crippen LogP contribution in [0.2, 0.25) is 0 Å². The van der Waals surface area contributed by atoms with Crippen LogP contribution >= 0.6 is 0 Å². The maximum absolute atomic E-state index is 12.2. The van der Waals surface area contributed by atoms with Gasteiger partial charge < -0.3 is 4.74 Å². The van der Waals surface area contributed by atoms with Crippen molar-refractivity contribution in [1.82, 2.24) is 4.57 Å². The molecule has 4 heteroatoms. The maximum Gasteiger partial charge on any atom is 0.313 e. The number of rotatable bonds is 4. The fourth-order valence-corrected chi connectivity index (χ4v) is 2.59. The number of ether oxygens (including phenoxy) is 1. The number of hydrogen-bond acceptors (Lipinski definition) is 3. The minimum absolute atomic E-state index is 0.0757. The molecule has 0 N–H and O–H groups in total. The van der Waals surface area contributed by atoms with Gasteiger partial charge >= 0.3 is 5.97 Å². The number of aromatic nitrogens is 1. The number of esters is 1. The van der Waals surface area contributed by atoms with Gasteiger partial charge in [0.05, 0.1) is 18.5 Å². The van der Waals surface area contributed by atoms with Crippen molar-refractivity contribution in [2.45, 2.75) is 33.1 Å². The molecule has 1 heterocycles. The number of carbonyl (C=O) groups excluding carboxylic acids is 2. The molecule has 0 aliphatic carbocycles. The predicted octanol–water partition coefficient (Wildman–Crippen LogP) is 3.91. The fraction of sp³-hybridized carbons (Fsp3) is 0.333. The Kier molecular flexibility index (Phi) is 4.81. The van der Waals surface area contributed by atoms with Crippen LogP contribution in [0.5, 0.6) is 0 Å². The predicted molar refractivity (Wildman–Crippen MR) is 87.0 cm³/mol. The maximum atomic E-state index is 12.2. The minimum atomic E-state index is -0.412. The summed E-state index contributed by atoms with van der Waals surface area (Å²) in [4.78, 5) is 24.0. The van der Waals surface area contributed by atoms with Crippen molar-refractivity contribution in [3.63, 3.8) is 0 Å². The molecule has 0 fully saturated rings. The zero-order valence-corrected chi connectivity index (χ0v) is 13.4. The highest BCUT2D eigenvalue weighted by Crippen LogP contribution is 2.31. The number of allylic oxidation sites excluding steroid dienone is 2. The summed E-state index contributed by atoms with van der Waals surface area (Å²) in [6.45, 7) is 5.50. The lowest BCUT2D eigenvalue weighted by atomic mass is 9.94. The van der Waals surface area contributed by atoms with Gasteiger partial charge in [-0.15, -0.1) is 0 Å². The van der Waals surface area contributed by atoms with Gasteiger partial charge in [0.2, 0.25) is 5.91 Å². The van der Waals surface area contributed by atoms with Gasteiger partial charge in [-0.3, -0.25) is 14.2 Å². The molecule has 0 spiro atoms. The Morgan fingerprint density at radius 3 is 2.50 bits per heavy atom. The van der Waals surface area contributed by atoms with Crippen LogP contribution in [-0.2, 0) is 9.53 Å². The molecular weight excluding hydrogens is 278 g/mol. The average molecular weight is 299 g/mol. The SMILES string of the molecule is COC(=O)C(CC=C(C)C)c1cn(C(C)=O)c2ccccc12. The number of carbonyl (C=O) groups is 2. The van der Waals surface area contributed by atoms with Gasteiger partial charge in [-0.1, -0.05) is 29.8 Å². The van der Waals surface area contributed by atoms with Gasteiger partial charge in [0.1, 0.15) is 0 Å². The first-order valence-electron chi connectivity index (χ1n) is 7.27. The Balaban J connectivity index is 2.60. The van der Waals surface area contributed by atoms with E-state index in [-0.39, 0.29) is 11.9 Å². The van der Waals surface area contributed by atoms with E-state index in [4.69, 9.17) is 4.74 Å². The summed E-state index contributed by atoms with van der Waals surface area (Å²) < 4.78 is 6.54. The highest BCUT2D eigenvalue weighted by atomic mass is 16.5. The van der Waals surface area contributed by atoms with E-state index in [1.54, 1.807) is 10.8 Å². The van der Waals surface area contributed by atoms with E-state index in [1.807, 2.05) is 44.2 Å². The summed E-state index contributed by atoms with van der Waals surface area (Å²) in [5, 5.41) is 0.912. The molecule has 2 rings (SSSR count). The summed E-state index contributed by atoms with van der Waals surface area (Å²) in [6, 6.07) is 7.61. The van der Waals surface area contributed by atoms with E-state index in [9.17, 15) is 9.59 Å².